The molecule has 0 unspecified atom stereocenters. The fourth-order valence-corrected chi connectivity index (χ4v) is 1.95. The fraction of sp³-hybridized carbons (Fsp3) is 0. The van der Waals surface area contributed by atoms with Gasteiger partial charge in [0.25, 0.3) is 0 Å². The molecular weight excluding hydrogens is 322 g/mol. The molecule has 0 fully saturated rings. The number of benzene rings is 2. The quantitative estimate of drug-likeness (QED) is 0.812. The van der Waals surface area contributed by atoms with Gasteiger partial charge in [0.15, 0.2) is 5.11 Å². The lowest BCUT2D eigenvalue weighted by molar-refractivity contribution is 1.48. The minimum absolute atomic E-state index is 0.507. The third-order valence-corrected chi connectivity index (χ3v) is 3.11. The maximum absolute atomic E-state index is 8.72. The van der Waals surface area contributed by atoms with Crippen LogP contribution < -0.4 is 10.6 Å². The zero-order valence-electron chi connectivity index (χ0n) is 9.85. The Balaban J connectivity index is 1.97. The second-order valence-corrected chi connectivity index (χ2v) is 5.10. The van der Waals surface area contributed by atoms with E-state index in [1.54, 1.807) is 12.1 Å². The van der Waals surface area contributed by atoms with Crippen LogP contribution in [0.15, 0.2) is 53.0 Å². The maximum Gasteiger partial charge on any atom is 0.175 e. The van der Waals surface area contributed by atoms with Crippen molar-refractivity contribution in [3.8, 4) is 6.07 Å². The van der Waals surface area contributed by atoms with Crippen LogP contribution in [0.3, 0.4) is 0 Å². The summed E-state index contributed by atoms with van der Waals surface area (Å²) in [5, 5.41) is 15.4. The fourth-order valence-electron chi connectivity index (χ4n) is 1.45. The normalized spacial score (nSPS) is 9.47. The van der Waals surface area contributed by atoms with Gasteiger partial charge in [-0.15, -0.1) is 0 Å². The molecule has 2 N–H and O–H groups in total. The molecule has 2 aromatic rings. The molecule has 0 saturated carbocycles. The minimum atomic E-state index is 0.507. The minimum Gasteiger partial charge on any atom is -0.332 e. The van der Waals surface area contributed by atoms with Crippen LogP contribution in [-0.2, 0) is 0 Å². The number of thiocarbonyl (C=S) groups is 1. The maximum atomic E-state index is 8.72. The molecular formula is C14H10BrN3S. The largest absolute Gasteiger partial charge is 0.332 e. The number of hydrogen-bond acceptors (Lipinski definition) is 2. The van der Waals surface area contributed by atoms with Crippen LogP contribution in [0.5, 0.6) is 0 Å². The zero-order valence-corrected chi connectivity index (χ0v) is 12.3. The summed E-state index contributed by atoms with van der Waals surface area (Å²) >= 11 is 8.59. The van der Waals surface area contributed by atoms with Crippen LogP contribution in [0.1, 0.15) is 5.56 Å². The molecule has 0 bridgehead atoms. The predicted octanol–water partition coefficient (Wildman–Crippen LogP) is 4.13. The summed E-state index contributed by atoms with van der Waals surface area (Å²) in [6, 6.07) is 16.9. The summed E-state index contributed by atoms with van der Waals surface area (Å²) in [5.74, 6) is 0. The van der Waals surface area contributed by atoms with Crippen molar-refractivity contribution < 1.29 is 0 Å². The first-order valence-corrected chi connectivity index (χ1v) is 6.71. The summed E-state index contributed by atoms with van der Waals surface area (Å²) in [4.78, 5) is 0. The highest BCUT2D eigenvalue weighted by Gasteiger charge is 1.99. The van der Waals surface area contributed by atoms with Crippen molar-refractivity contribution >= 4 is 44.6 Å². The third-order valence-electron chi connectivity index (χ3n) is 2.37. The average molecular weight is 332 g/mol. The van der Waals surface area contributed by atoms with Crippen LogP contribution >= 0.6 is 28.1 Å². The number of anilines is 2. The third kappa shape index (κ3) is 4.05. The predicted molar refractivity (Wildman–Crippen MR) is 85.1 cm³/mol. The molecule has 0 radical (unpaired) electrons. The second kappa shape index (κ2) is 6.32. The van der Waals surface area contributed by atoms with E-state index in [1.807, 2.05) is 36.4 Å². The molecule has 2 rings (SSSR count). The lowest BCUT2D eigenvalue weighted by Gasteiger charge is -2.10. The molecule has 0 atom stereocenters. The van der Waals surface area contributed by atoms with Gasteiger partial charge in [-0.05, 0) is 60.7 Å². The molecule has 0 aromatic heterocycles. The number of nitrogens with zero attached hydrogens (tertiary/aromatic N) is 1. The van der Waals surface area contributed by atoms with E-state index < -0.39 is 0 Å². The molecule has 0 aliphatic rings. The van der Waals surface area contributed by atoms with Crippen molar-refractivity contribution in [1.82, 2.24) is 0 Å². The molecule has 0 heterocycles. The van der Waals surface area contributed by atoms with Crippen LogP contribution in [0.25, 0.3) is 0 Å². The Bertz CT molecular complexity index is 615. The van der Waals surface area contributed by atoms with Gasteiger partial charge in [0.1, 0.15) is 0 Å². The van der Waals surface area contributed by atoms with Crippen LogP contribution in [-0.4, -0.2) is 5.11 Å². The van der Waals surface area contributed by atoms with Crippen molar-refractivity contribution in [3.05, 3.63) is 58.6 Å². The van der Waals surface area contributed by atoms with Crippen molar-refractivity contribution in [3.63, 3.8) is 0 Å². The van der Waals surface area contributed by atoms with Gasteiger partial charge in [-0.2, -0.15) is 5.26 Å². The molecule has 0 aliphatic heterocycles. The molecule has 94 valence electrons. The Labute approximate surface area is 125 Å². The number of nitrogens with one attached hydrogen (secondary N) is 2. The van der Waals surface area contributed by atoms with Gasteiger partial charge in [-0.3, -0.25) is 0 Å². The monoisotopic (exact) mass is 331 g/mol. The first-order chi connectivity index (χ1) is 9.17. The summed E-state index contributed by atoms with van der Waals surface area (Å²) in [6.45, 7) is 0. The van der Waals surface area contributed by atoms with E-state index >= 15 is 0 Å². The summed E-state index contributed by atoms with van der Waals surface area (Å²) in [5.41, 5.74) is 2.38. The zero-order chi connectivity index (χ0) is 13.7. The van der Waals surface area contributed by atoms with Gasteiger partial charge in [-0.1, -0.05) is 15.9 Å². The van der Waals surface area contributed by atoms with E-state index in [4.69, 9.17) is 17.5 Å². The molecule has 2 aromatic carbocycles. The molecule has 3 nitrogen and oxygen atoms in total. The van der Waals surface area contributed by atoms with Gasteiger partial charge in [0.05, 0.1) is 11.6 Å². The highest BCUT2D eigenvalue weighted by Crippen LogP contribution is 2.15. The topological polar surface area (TPSA) is 47.9 Å². The number of nitriles is 1. The van der Waals surface area contributed by atoms with E-state index in [1.165, 1.54) is 0 Å². The number of halogens is 1. The van der Waals surface area contributed by atoms with Crippen LogP contribution in [0.2, 0.25) is 0 Å². The molecule has 0 spiro atoms. The number of rotatable bonds is 2. The standard InChI is InChI=1S/C14H10BrN3S/c15-11-3-7-13(8-4-11)18-14(19)17-12-5-1-10(9-16)2-6-12/h1-8H,(H2,17,18,19). The Morgan fingerprint density at radius 1 is 0.947 bits per heavy atom. The van der Waals surface area contributed by atoms with Crippen LogP contribution in [0, 0.1) is 11.3 Å². The molecule has 5 heteroatoms. The SMILES string of the molecule is N#Cc1ccc(NC(=S)Nc2ccc(Br)cc2)cc1. The Hall–Kier alpha value is -1.90. The van der Waals surface area contributed by atoms with Gasteiger partial charge < -0.3 is 10.6 Å². The van der Waals surface area contributed by atoms with E-state index in [9.17, 15) is 0 Å². The van der Waals surface area contributed by atoms with Gasteiger partial charge in [-0.25, -0.2) is 0 Å². The van der Waals surface area contributed by atoms with E-state index in [0.717, 1.165) is 15.8 Å². The van der Waals surface area contributed by atoms with E-state index in [-0.39, 0.29) is 0 Å². The summed E-state index contributed by atoms with van der Waals surface area (Å²) in [7, 11) is 0. The lowest BCUT2D eigenvalue weighted by atomic mass is 10.2. The first-order valence-electron chi connectivity index (χ1n) is 5.51. The molecule has 0 saturated heterocycles. The van der Waals surface area contributed by atoms with E-state index in [0.29, 0.717) is 10.7 Å². The highest BCUT2D eigenvalue weighted by molar-refractivity contribution is 9.10. The Kier molecular flexibility index (Phi) is 4.50. The summed E-state index contributed by atoms with van der Waals surface area (Å²) in [6.07, 6.45) is 0. The van der Waals surface area contributed by atoms with Crippen LogP contribution in [0.4, 0.5) is 11.4 Å². The smallest absolute Gasteiger partial charge is 0.175 e. The molecule has 0 aliphatic carbocycles. The first kappa shape index (κ1) is 13.5. The van der Waals surface area contributed by atoms with E-state index in [2.05, 4.69) is 32.6 Å². The summed E-state index contributed by atoms with van der Waals surface area (Å²) < 4.78 is 1.02. The molecule has 0 amide bonds. The second-order valence-electron chi connectivity index (χ2n) is 3.78. The van der Waals surface area contributed by atoms with Crippen molar-refractivity contribution in [1.29, 1.82) is 5.26 Å². The van der Waals surface area contributed by atoms with Crippen molar-refractivity contribution in [2.24, 2.45) is 0 Å². The van der Waals surface area contributed by atoms with Gasteiger partial charge in [0.2, 0.25) is 0 Å². The Morgan fingerprint density at radius 2 is 1.42 bits per heavy atom. The number of hydrogen-bond donors (Lipinski definition) is 2. The Morgan fingerprint density at radius 3 is 1.89 bits per heavy atom. The highest BCUT2D eigenvalue weighted by atomic mass is 79.9. The van der Waals surface area contributed by atoms with Crippen molar-refractivity contribution in [2.75, 3.05) is 10.6 Å². The average Bonchev–Trinajstić information content (AvgIpc) is 2.42. The molecule has 19 heavy (non-hydrogen) atoms. The lowest BCUT2D eigenvalue weighted by Crippen LogP contribution is -2.18. The van der Waals surface area contributed by atoms with Crippen molar-refractivity contribution in [2.45, 2.75) is 0 Å². The van der Waals surface area contributed by atoms with Gasteiger partial charge >= 0.3 is 0 Å². The van der Waals surface area contributed by atoms with Gasteiger partial charge in [0, 0.05) is 15.8 Å².